The Balaban J connectivity index is 0.952. The molecule has 474 valence electrons. The highest BCUT2D eigenvalue weighted by Crippen LogP contribution is 2.40. The second-order valence-corrected chi connectivity index (χ2v) is 26.9. The molecule has 0 radical (unpaired) electrons. The minimum atomic E-state index is -5.28. The number of rotatable bonds is 22. The average Bonchev–Trinajstić information content (AvgIpc) is 0.763. The fourth-order valence-corrected chi connectivity index (χ4v) is 12.0. The molecule has 0 aliphatic carbocycles. The van der Waals surface area contributed by atoms with Crippen molar-refractivity contribution in [2.45, 2.75) is 35.5 Å². The number of benzene rings is 6. The molecule has 2 aromatic heterocycles. The van der Waals surface area contributed by atoms with Crippen molar-refractivity contribution in [3.63, 3.8) is 0 Å². The number of urea groups is 2. The number of primary amides is 2. The second-order valence-electron chi connectivity index (χ2n) is 17.8. The average molecular weight is 1400 g/mol. The van der Waals surface area contributed by atoms with E-state index < -0.39 is 141 Å². The lowest BCUT2D eigenvalue weighted by Crippen LogP contribution is -2.28. The van der Waals surface area contributed by atoms with Gasteiger partial charge >= 0.3 is 12.1 Å². The molecule has 4 amide bonds. The normalized spacial score (nSPS) is 12.9. The molecule has 0 fully saturated rings. The minimum Gasteiger partial charge on any atom is -0.389 e. The Morgan fingerprint density at radius 1 is 0.433 bits per heavy atom. The highest BCUT2D eigenvalue weighted by atomic mass is 35.5. The molecule has 2 heterocycles. The number of hydrogen-bond acceptors (Lipinski definition) is 29. The van der Waals surface area contributed by atoms with Crippen molar-refractivity contribution in [2.24, 2.45) is 31.9 Å². The van der Waals surface area contributed by atoms with Crippen LogP contribution in [0, 0.1) is 0 Å². The zero-order valence-electron chi connectivity index (χ0n) is 43.8. The van der Waals surface area contributed by atoms with E-state index in [2.05, 4.69) is 82.3 Å². The van der Waals surface area contributed by atoms with E-state index in [4.69, 9.17) is 34.7 Å². The molecule has 90 heavy (non-hydrogen) atoms. The summed E-state index contributed by atoms with van der Waals surface area (Å²) in [5.41, 5.74) is 8.39. The van der Waals surface area contributed by atoms with Crippen LogP contribution in [0.3, 0.4) is 0 Å². The molecular formula is C43H36Cl2N18O21S6. The summed E-state index contributed by atoms with van der Waals surface area (Å²) < 4.78 is 205. The topological polar surface area (TPSA) is 632 Å². The van der Waals surface area contributed by atoms with Gasteiger partial charge in [0.2, 0.25) is 34.4 Å². The number of aliphatic hydroxyl groups is 1. The Labute approximate surface area is 514 Å². The Morgan fingerprint density at radius 2 is 0.767 bits per heavy atom. The number of nitrogens with one attached hydrogen (secondary N) is 6. The standard InChI is InChI=1S/C43H36Cl2N18O21S6/c44-36-54-40(58-42(56-36)50-19-1-3-26(28(9-19)52-38(46)65)60-62-30-13-24-17(7-34(30)89(79,80)81)5-22(85(67,68)69)11-32(24)87(73,74)75)48-15-21(64)16-49-41-55-37(45)57-43(59-41)51-20-2-4-27(29(10-20)53-39(47)66)61-63-31-14-25-18(8-35(31)90(82,83)84)6-23(86(70,71)72)12-33(25)88(76,77)78/h1-14,21,64H,15-16H2,(H3,46,52,65)(H3,47,53,66)(H,67,68,69)(H,70,71,72)(H,73,74,75)(H,76,77,78)(H,79,80,81)(H,82,83,84)(H2,48,50,54,56,58)(H2,49,51,55,57,59). The van der Waals surface area contributed by atoms with Gasteiger partial charge in [-0.15, -0.1) is 20.5 Å². The summed E-state index contributed by atoms with van der Waals surface area (Å²) in [5.74, 6) is -0.879. The molecule has 0 bridgehead atoms. The molecule has 0 unspecified atom stereocenters. The lowest BCUT2D eigenvalue weighted by molar-refractivity contribution is 0.200. The highest BCUT2D eigenvalue weighted by Gasteiger charge is 2.27. The number of halogens is 2. The Kier molecular flexibility index (Phi) is 18.8. The van der Waals surface area contributed by atoms with Crippen LogP contribution < -0.4 is 43.4 Å². The lowest BCUT2D eigenvalue weighted by Gasteiger charge is -2.14. The molecule has 39 nitrogen and oxygen atoms in total. The van der Waals surface area contributed by atoms with Crippen LogP contribution in [-0.4, -0.2) is 144 Å². The molecule has 47 heteroatoms. The number of anilines is 8. The van der Waals surface area contributed by atoms with Gasteiger partial charge in [-0.2, -0.15) is 80.4 Å². The van der Waals surface area contributed by atoms with E-state index in [1.54, 1.807) is 0 Å². The van der Waals surface area contributed by atoms with Crippen LogP contribution in [-0.2, 0) is 60.7 Å². The van der Waals surface area contributed by atoms with Gasteiger partial charge in [0.15, 0.2) is 0 Å². The predicted octanol–water partition coefficient (Wildman–Crippen LogP) is 5.33. The summed E-state index contributed by atoms with van der Waals surface area (Å²) in [6.07, 6.45) is -1.28. The van der Waals surface area contributed by atoms with Gasteiger partial charge in [-0.25, -0.2) is 9.59 Å². The third-order valence-electron chi connectivity index (χ3n) is 11.4. The summed E-state index contributed by atoms with van der Waals surface area (Å²) in [4.78, 5) is 41.9. The number of nitrogens with two attached hydrogens (primary N) is 2. The van der Waals surface area contributed by atoms with E-state index in [9.17, 15) is 92.5 Å². The van der Waals surface area contributed by atoms with Gasteiger partial charge in [-0.3, -0.25) is 27.3 Å². The van der Waals surface area contributed by atoms with Gasteiger partial charge in [0.1, 0.15) is 42.3 Å². The third-order valence-corrected chi connectivity index (χ3v) is 17.0. The molecule has 0 spiro atoms. The first-order valence-corrected chi connectivity index (χ1v) is 32.9. The monoisotopic (exact) mass is 1400 g/mol. The van der Waals surface area contributed by atoms with Crippen LogP contribution in [0.4, 0.5) is 78.9 Å². The Morgan fingerprint density at radius 3 is 1.09 bits per heavy atom. The number of carbonyl (C=O) groups excluding carboxylic acids is 2. The first kappa shape index (κ1) is 66.7. The second kappa shape index (κ2) is 25.4. The van der Waals surface area contributed by atoms with Crippen LogP contribution in [0.25, 0.3) is 21.5 Å². The Hall–Kier alpha value is -9.20. The number of aliphatic hydroxyl groups excluding tert-OH is 1. The molecule has 0 aliphatic heterocycles. The zero-order chi connectivity index (χ0) is 66.2. The van der Waals surface area contributed by atoms with E-state index >= 15 is 0 Å². The number of fused-ring (bicyclic) bond motifs is 2. The van der Waals surface area contributed by atoms with E-state index in [-0.39, 0.29) is 81.6 Å². The largest absolute Gasteiger partial charge is 0.389 e. The molecule has 17 N–H and O–H groups in total. The van der Waals surface area contributed by atoms with Crippen molar-refractivity contribution in [1.82, 2.24) is 29.9 Å². The van der Waals surface area contributed by atoms with Crippen molar-refractivity contribution in [3.8, 4) is 0 Å². The molecule has 0 saturated heterocycles. The summed E-state index contributed by atoms with van der Waals surface area (Å²) in [5, 5.41) is 38.9. The molecular weight excluding hydrogens is 1370 g/mol. The fraction of sp³-hybridized carbons (Fsp3) is 0.0698. The lowest BCUT2D eigenvalue weighted by atomic mass is 10.1. The maximum atomic E-state index is 12.5. The Bertz CT molecular complexity index is 4800. The summed E-state index contributed by atoms with van der Waals surface area (Å²) in [6, 6.07) is 9.73. The number of carbonyl (C=O) groups is 2. The van der Waals surface area contributed by atoms with Gasteiger partial charge in [0.25, 0.3) is 60.7 Å². The zero-order valence-corrected chi connectivity index (χ0v) is 50.2. The van der Waals surface area contributed by atoms with E-state index in [1.165, 1.54) is 36.4 Å². The number of amides is 4. The summed E-state index contributed by atoms with van der Waals surface area (Å²) >= 11 is 12.3. The van der Waals surface area contributed by atoms with Gasteiger partial charge in [-0.05, 0) is 119 Å². The first-order valence-electron chi connectivity index (χ1n) is 23.5. The maximum Gasteiger partial charge on any atom is 0.316 e. The van der Waals surface area contributed by atoms with Crippen LogP contribution in [0.5, 0.6) is 0 Å². The van der Waals surface area contributed by atoms with Gasteiger partial charge < -0.3 is 48.5 Å². The van der Waals surface area contributed by atoms with Gasteiger partial charge in [-0.1, -0.05) is 0 Å². The smallest absolute Gasteiger partial charge is 0.316 e. The highest BCUT2D eigenvalue weighted by molar-refractivity contribution is 7.87. The van der Waals surface area contributed by atoms with Crippen LogP contribution in [0.15, 0.2) is 135 Å². The van der Waals surface area contributed by atoms with Crippen molar-refractivity contribution < 1.29 is 92.5 Å². The molecule has 6 aromatic carbocycles. The van der Waals surface area contributed by atoms with Crippen molar-refractivity contribution in [3.05, 3.63) is 95.5 Å². The third kappa shape index (κ3) is 16.7. The number of aromatic nitrogens is 6. The minimum absolute atomic E-state index is 0.0870. The molecule has 8 rings (SSSR count). The molecule has 0 saturated carbocycles. The SMILES string of the molecule is NC(=O)Nc1cc(Nc2nc(Cl)nc(NCC(O)CNc3nc(Cl)nc(Nc4ccc(N=Nc5cc6c(S(=O)(=O)O)cc(S(=O)(=O)O)cc6cc5S(=O)(=O)O)c(NC(N)=O)c4)n3)n2)ccc1N=Nc1cc2c(S(=O)(=O)O)cc(S(=O)(=O)O)cc2cc1S(=O)(=O)O. The predicted molar refractivity (Wildman–Crippen MR) is 314 cm³/mol. The molecule has 0 aliphatic rings. The number of nitrogens with zero attached hydrogens (tertiary/aromatic N) is 10. The van der Waals surface area contributed by atoms with Crippen LogP contribution in [0.1, 0.15) is 0 Å². The fourth-order valence-electron chi connectivity index (χ4n) is 7.73. The summed E-state index contributed by atoms with van der Waals surface area (Å²) in [6.45, 7) is -0.577. The van der Waals surface area contributed by atoms with E-state index in [0.717, 1.165) is 0 Å². The summed E-state index contributed by atoms with van der Waals surface area (Å²) in [7, 11) is -31.3. The quantitative estimate of drug-likeness (QED) is 0.0301. The van der Waals surface area contributed by atoms with Gasteiger partial charge in [0, 0.05) is 35.2 Å². The van der Waals surface area contributed by atoms with Gasteiger partial charge in [0.05, 0.1) is 27.3 Å². The molecule has 0 atom stereocenters. The van der Waals surface area contributed by atoms with Crippen molar-refractivity contribution in [1.29, 1.82) is 0 Å². The maximum absolute atomic E-state index is 12.5. The van der Waals surface area contributed by atoms with Crippen LogP contribution in [0.2, 0.25) is 10.6 Å². The van der Waals surface area contributed by atoms with E-state index in [0.29, 0.717) is 48.5 Å². The number of hydrogen-bond donors (Lipinski definition) is 15. The van der Waals surface area contributed by atoms with E-state index in [1.807, 2.05) is 0 Å². The van der Waals surface area contributed by atoms with Crippen molar-refractivity contribution >= 4 is 187 Å². The molecule has 8 aromatic rings. The first-order chi connectivity index (χ1) is 41.7. The number of azo groups is 2. The van der Waals surface area contributed by atoms with Crippen LogP contribution >= 0.6 is 23.2 Å². The van der Waals surface area contributed by atoms with Crippen molar-refractivity contribution in [2.75, 3.05) is 45.0 Å².